The maximum absolute atomic E-state index is 12.1. The Kier molecular flexibility index (Phi) is 7.41. The molecule has 0 heterocycles. The maximum atomic E-state index is 12.1. The number of amides is 1. The second kappa shape index (κ2) is 10.4. The molecule has 6 heteroatoms. The van der Waals surface area contributed by atoms with Gasteiger partial charge in [0.25, 0.3) is 5.91 Å². The lowest BCUT2D eigenvalue weighted by Crippen LogP contribution is -2.33. The van der Waals surface area contributed by atoms with Crippen LogP contribution in [0, 0.1) is 0 Å². The van der Waals surface area contributed by atoms with Gasteiger partial charge in [0.05, 0.1) is 6.21 Å². The van der Waals surface area contributed by atoms with E-state index in [0.29, 0.717) is 12.4 Å². The van der Waals surface area contributed by atoms with Crippen LogP contribution >= 0.6 is 15.9 Å². The molecule has 3 rings (SSSR count). The third-order valence-electron chi connectivity index (χ3n) is 3.99. The van der Waals surface area contributed by atoms with Crippen LogP contribution in [-0.4, -0.2) is 18.2 Å². The molecule has 0 aliphatic carbocycles. The molecule has 0 saturated carbocycles. The van der Waals surface area contributed by atoms with Crippen LogP contribution in [0.25, 0.3) is 0 Å². The van der Waals surface area contributed by atoms with Gasteiger partial charge in [-0.05, 0) is 54.4 Å². The topological polar surface area (TPSA) is 59.9 Å². The van der Waals surface area contributed by atoms with E-state index in [-0.39, 0.29) is 5.91 Å². The van der Waals surface area contributed by atoms with E-state index in [0.717, 1.165) is 21.3 Å². The van der Waals surface area contributed by atoms with Crippen molar-refractivity contribution in [2.45, 2.75) is 19.6 Å². The molecule has 1 amide bonds. The zero-order chi connectivity index (χ0) is 20.5. The highest BCUT2D eigenvalue weighted by Gasteiger charge is 2.13. The second-order valence-corrected chi connectivity index (χ2v) is 7.21. The number of carbonyl (C=O) groups is 1. The lowest BCUT2D eigenvalue weighted by atomic mass is 10.2. The van der Waals surface area contributed by atoms with Gasteiger partial charge < -0.3 is 9.47 Å². The monoisotopic (exact) mass is 452 g/mol. The molecule has 3 aromatic rings. The van der Waals surface area contributed by atoms with Crippen LogP contribution in [0.4, 0.5) is 0 Å². The highest BCUT2D eigenvalue weighted by Crippen LogP contribution is 2.17. The van der Waals surface area contributed by atoms with Gasteiger partial charge in [-0.3, -0.25) is 4.79 Å². The first-order valence-electron chi connectivity index (χ1n) is 9.12. The van der Waals surface area contributed by atoms with E-state index in [4.69, 9.17) is 9.47 Å². The van der Waals surface area contributed by atoms with Crippen molar-refractivity contribution < 1.29 is 14.3 Å². The first-order chi connectivity index (χ1) is 14.1. The van der Waals surface area contributed by atoms with Crippen LogP contribution in [0.3, 0.4) is 0 Å². The van der Waals surface area contributed by atoms with Crippen LogP contribution in [-0.2, 0) is 11.4 Å². The first-order valence-corrected chi connectivity index (χ1v) is 9.91. The molecule has 0 unspecified atom stereocenters. The number of hydrazone groups is 1. The molecular weight excluding hydrogens is 432 g/mol. The molecule has 0 saturated heterocycles. The van der Waals surface area contributed by atoms with Crippen molar-refractivity contribution in [2.75, 3.05) is 0 Å². The van der Waals surface area contributed by atoms with Crippen molar-refractivity contribution >= 4 is 28.1 Å². The van der Waals surface area contributed by atoms with Crippen LogP contribution in [0.15, 0.2) is 88.4 Å². The summed E-state index contributed by atoms with van der Waals surface area (Å²) in [5.41, 5.74) is 4.41. The Balaban J connectivity index is 1.50. The number of ether oxygens (including phenoxy) is 2. The Morgan fingerprint density at radius 2 is 1.79 bits per heavy atom. The van der Waals surface area contributed by atoms with Crippen LogP contribution in [0.2, 0.25) is 0 Å². The number of rotatable bonds is 8. The molecule has 0 aliphatic heterocycles. The van der Waals surface area contributed by atoms with Crippen LogP contribution < -0.4 is 14.9 Å². The van der Waals surface area contributed by atoms with E-state index >= 15 is 0 Å². The standard InChI is InChI=1S/C23H21BrN2O3/c1-17(29-21-12-10-20(24)11-13-21)23(27)26-25-15-19-8-5-9-22(14-19)28-16-18-6-3-2-4-7-18/h2-15,17H,16H2,1H3,(H,26,27)/b25-15-/t17-/m0/s1. The average Bonchev–Trinajstić information content (AvgIpc) is 2.75. The van der Waals surface area contributed by atoms with Gasteiger partial charge in [-0.15, -0.1) is 0 Å². The summed E-state index contributed by atoms with van der Waals surface area (Å²) in [7, 11) is 0. The van der Waals surface area contributed by atoms with Gasteiger partial charge in [0, 0.05) is 4.47 Å². The predicted molar refractivity (Wildman–Crippen MR) is 117 cm³/mol. The first kappa shape index (κ1) is 20.6. The van der Waals surface area contributed by atoms with E-state index in [1.165, 1.54) is 0 Å². The number of benzene rings is 3. The summed E-state index contributed by atoms with van der Waals surface area (Å²) in [6.07, 6.45) is 0.897. The molecular formula is C23H21BrN2O3. The minimum Gasteiger partial charge on any atom is -0.489 e. The molecule has 0 spiro atoms. The predicted octanol–water partition coefficient (Wildman–Crippen LogP) is 4.95. The van der Waals surface area contributed by atoms with Crippen LogP contribution in [0.5, 0.6) is 11.5 Å². The molecule has 0 aromatic heterocycles. The zero-order valence-electron chi connectivity index (χ0n) is 15.9. The number of hydrogen-bond acceptors (Lipinski definition) is 4. The van der Waals surface area contributed by atoms with E-state index in [1.807, 2.05) is 66.7 Å². The number of nitrogens with zero attached hydrogens (tertiary/aromatic N) is 1. The zero-order valence-corrected chi connectivity index (χ0v) is 17.5. The Hall–Kier alpha value is -3.12. The van der Waals surface area contributed by atoms with E-state index < -0.39 is 6.10 Å². The smallest absolute Gasteiger partial charge is 0.280 e. The van der Waals surface area contributed by atoms with Crippen molar-refractivity contribution in [2.24, 2.45) is 5.10 Å². The number of carbonyl (C=O) groups excluding carboxylic acids is 1. The highest BCUT2D eigenvalue weighted by atomic mass is 79.9. The summed E-state index contributed by atoms with van der Waals surface area (Å²) in [5, 5.41) is 4.01. The molecule has 1 N–H and O–H groups in total. The van der Waals surface area contributed by atoms with E-state index in [9.17, 15) is 4.79 Å². The van der Waals surface area contributed by atoms with Crippen molar-refractivity contribution in [3.63, 3.8) is 0 Å². The Morgan fingerprint density at radius 1 is 1.03 bits per heavy atom. The van der Waals surface area contributed by atoms with Gasteiger partial charge >= 0.3 is 0 Å². The molecule has 0 fully saturated rings. The van der Waals surface area contributed by atoms with Crippen molar-refractivity contribution in [3.8, 4) is 11.5 Å². The number of halogens is 1. The Bertz CT molecular complexity index is 959. The van der Waals surface area contributed by atoms with Crippen molar-refractivity contribution in [3.05, 3.63) is 94.5 Å². The highest BCUT2D eigenvalue weighted by molar-refractivity contribution is 9.10. The maximum Gasteiger partial charge on any atom is 0.280 e. The normalized spacial score (nSPS) is 11.8. The van der Waals surface area contributed by atoms with Gasteiger partial charge in [0.15, 0.2) is 6.10 Å². The molecule has 148 valence electrons. The fourth-order valence-electron chi connectivity index (χ4n) is 2.46. The lowest BCUT2D eigenvalue weighted by molar-refractivity contribution is -0.127. The molecule has 0 aliphatic rings. The van der Waals surface area contributed by atoms with E-state index in [2.05, 4.69) is 26.5 Å². The van der Waals surface area contributed by atoms with Gasteiger partial charge in [-0.1, -0.05) is 58.4 Å². The third kappa shape index (κ3) is 6.76. The van der Waals surface area contributed by atoms with Crippen LogP contribution in [0.1, 0.15) is 18.1 Å². The summed E-state index contributed by atoms with van der Waals surface area (Å²) in [5.74, 6) is 1.01. The van der Waals surface area contributed by atoms with Gasteiger partial charge in [0.2, 0.25) is 0 Å². The summed E-state index contributed by atoms with van der Waals surface area (Å²) < 4.78 is 12.3. The quantitative estimate of drug-likeness (QED) is 0.388. The second-order valence-electron chi connectivity index (χ2n) is 6.30. The molecule has 29 heavy (non-hydrogen) atoms. The van der Waals surface area contributed by atoms with Gasteiger partial charge in [0.1, 0.15) is 18.1 Å². The van der Waals surface area contributed by atoms with Gasteiger partial charge in [-0.2, -0.15) is 5.10 Å². The summed E-state index contributed by atoms with van der Waals surface area (Å²) in [6.45, 7) is 2.16. The largest absolute Gasteiger partial charge is 0.489 e. The fourth-order valence-corrected chi connectivity index (χ4v) is 2.72. The number of hydrogen-bond donors (Lipinski definition) is 1. The van der Waals surface area contributed by atoms with Crippen molar-refractivity contribution in [1.82, 2.24) is 5.43 Å². The Labute approximate surface area is 178 Å². The lowest BCUT2D eigenvalue weighted by Gasteiger charge is -2.12. The van der Waals surface area contributed by atoms with E-state index in [1.54, 1.807) is 25.3 Å². The minimum absolute atomic E-state index is 0.333. The molecule has 0 bridgehead atoms. The molecule has 0 radical (unpaired) electrons. The average molecular weight is 453 g/mol. The molecule has 1 atom stereocenters. The molecule has 3 aromatic carbocycles. The summed E-state index contributed by atoms with van der Waals surface area (Å²) >= 11 is 3.36. The van der Waals surface area contributed by atoms with Crippen molar-refractivity contribution in [1.29, 1.82) is 0 Å². The fraction of sp³-hybridized carbons (Fsp3) is 0.130. The summed E-state index contributed by atoms with van der Waals surface area (Å²) in [4.78, 5) is 12.1. The number of nitrogens with one attached hydrogen (secondary N) is 1. The Morgan fingerprint density at radius 3 is 2.55 bits per heavy atom. The molecule has 5 nitrogen and oxygen atoms in total. The minimum atomic E-state index is -0.672. The summed E-state index contributed by atoms with van der Waals surface area (Å²) in [6, 6.07) is 24.7. The third-order valence-corrected chi connectivity index (χ3v) is 4.52. The SMILES string of the molecule is C[C@H](Oc1ccc(Br)cc1)C(=O)N/N=C\c1cccc(OCc2ccccc2)c1. The van der Waals surface area contributed by atoms with Gasteiger partial charge in [-0.25, -0.2) is 5.43 Å².